The average molecular weight is 388 g/mol. The highest BCUT2D eigenvalue weighted by molar-refractivity contribution is 5.94. The lowest BCUT2D eigenvalue weighted by atomic mass is 10.1. The van der Waals surface area contributed by atoms with E-state index in [1.165, 1.54) is 0 Å². The first-order valence-electron chi connectivity index (χ1n) is 9.71. The number of nitrogens with zero attached hydrogens (tertiary/aromatic N) is 4. The van der Waals surface area contributed by atoms with Gasteiger partial charge in [0.1, 0.15) is 17.9 Å². The van der Waals surface area contributed by atoms with Crippen LogP contribution in [-0.2, 0) is 0 Å². The maximum atomic E-state index is 12.8. The Bertz CT molecular complexity index is 996. The van der Waals surface area contributed by atoms with Gasteiger partial charge in [0.05, 0.1) is 12.8 Å². The number of piperazine rings is 1. The lowest BCUT2D eigenvalue weighted by Gasteiger charge is -2.35. The predicted octanol–water partition coefficient (Wildman–Crippen LogP) is 3.42. The summed E-state index contributed by atoms with van der Waals surface area (Å²) in [6, 6.07) is 17.6. The fourth-order valence-electron chi connectivity index (χ4n) is 3.54. The molecular weight excluding hydrogens is 364 g/mol. The zero-order valence-electron chi connectivity index (χ0n) is 16.7. The minimum atomic E-state index is 0.0926. The van der Waals surface area contributed by atoms with E-state index in [9.17, 15) is 4.79 Å². The minimum Gasteiger partial charge on any atom is -0.497 e. The number of carbonyl (C=O) groups excluding carboxylic acids is 1. The molecular formula is C23H24N4O2. The zero-order valence-corrected chi connectivity index (χ0v) is 16.7. The maximum Gasteiger partial charge on any atom is 0.253 e. The molecule has 2 aromatic carbocycles. The van der Waals surface area contributed by atoms with Crippen LogP contribution >= 0.6 is 0 Å². The van der Waals surface area contributed by atoms with Crippen LogP contribution in [0.4, 0.5) is 5.82 Å². The van der Waals surface area contributed by atoms with Crippen molar-refractivity contribution in [1.29, 1.82) is 0 Å². The molecule has 0 spiro atoms. The van der Waals surface area contributed by atoms with E-state index in [0.29, 0.717) is 13.1 Å². The molecule has 0 unspecified atom stereocenters. The van der Waals surface area contributed by atoms with Gasteiger partial charge in [-0.1, -0.05) is 17.7 Å². The van der Waals surface area contributed by atoms with Crippen molar-refractivity contribution in [3.63, 3.8) is 0 Å². The number of amides is 1. The van der Waals surface area contributed by atoms with Gasteiger partial charge in [-0.2, -0.15) is 0 Å². The molecule has 0 saturated carbocycles. The van der Waals surface area contributed by atoms with E-state index >= 15 is 0 Å². The standard InChI is InChI=1S/C23H24N4O2/c1-17-4-3-5-19(14-17)23(28)27-12-10-26(11-13-27)22-15-21(24-16-25-22)18-6-8-20(29-2)9-7-18/h3-9,14-16H,10-13H2,1-2H3. The summed E-state index contributed by atoms with van der Waals surface area (Å²) in [5, 5.41) is 0. The summed E-state index contributed by atoms with van der Waals surface area (Å²) in [5.41, 5.74) is 3.74. The number of benzene rings is 2. The summed E-state index contributed by atoms with van der Waals surface area (Å²) in [4.78, 5) is 25.7. The van der Waals surface area contributed by atoms with Crippen molar-refractivity contribution in [1.82, 2.24) is 14.9 Å². The summed E-state index contributed by atoms with van der Waals surface area (Å²) in [7, 11) is 1.65. The summed E-state index contributed by atoms with van der Waals surface area (Å²) in [6.07, 6.45) is 1.60. The number of hydrogen-bond donors (Lipinski definition) is 0. The molecule has 0 radical (unpaired) electrons. The molecule has 2 heterocycles. The Morgan fingerprint density at radius 2 is 1.72 bits per heavy atom. The van der Waals surface area contributed by atoms with Crippen LogP contribution in [0.15, 0.2) is 60.9 Å². The van der Waals surface area contributed by atoms with Gasteiger partial charge in [-0.25, -0.2) is 9.97 Å². The van der Waals surface area contributed by atoms with Gasteiger partial charge in [0.25, 0.3) is 5.91 Å². The van der Waals surface area contributed by atoms with E-state index in [4.69, 9.17) is 4.74 Å². The second-order valence-electron chi connectivity index (χ2n) is 7.14. The maximum absolute atomic E-state index is 12.8. The van der Waals surface area contributed by atoms with Crippen molar-refractivity contribution in [3.05, 3.63) is 72.1 Å². The number of hydrogen-bond acceptors (Lipinski definition) is 5. The van der Waals surface area contributed by atoms with Crippen LogP contribution in [0.3, 0.4) is 0 Å². The molecule has 29 heavy (non-hydrogen) atoms. The van der Waals surface area contributed by atoms with Crippen molar-refractivity contribution in [2.45, 2.75) is 6.92 Å². The van der Waals surface area contributed by atoms with Gasteiger partial charge in [0, 0.05) is 43.4 Å². The third-order valence-corrected chi connectivity index (χ3v) is 5.19. The van der Waals surface area contributed by atoms with E-state index in [-0.39, 0.29) is 5.91 Å². The fraction of sp³-hybridized carbons (Fsp3) is 0.261. The molecule has 6 nitrogen and oxygen atoms in total. The van der Waals surface area contributed by atoms with Crippen LogP contribution in [0.5, 0.6) is 5.75 Å². The van der Waals surface area contributed by atoms with E-state index in [1.54, 1.807) is 13.4 Å². The van der Waals surface area contributed by atoms with Crippen LogP contribution in [0.2, 0.25) is 0 Å². The molecule has 3 aromatic rings. The van der Waals surface area contributed by atoms with Gasteiger partial charge in [-0.3, -0.25) is 4.79 Å². The van der Waals surface area contributed by atoms with Crippen LogP contribution in [0.1, 0.15) is 15.9 Å². The minimum absolute atomic E-state index is 0.0926. The summed E-state index contributed by atoms with van der Waals surface area (Å²) >= 11 is 0. The van der Waals surface area contributed by atoms with Crippen LogP contribution < -0.4 is 9.64 Å². The third kappa shape index (κ3) is 4.21. The highest BCUT2D eigenvalue weighted by Gasteiger charge is 2.23. The van der Waals surface area contributed by atoms with Gasteiger partial charge < -0.3 is 14.5 Å². The molecule has 148 valence electrons. The van der Waals surface area contributed by atoms with Gasteiger partial charge >= 0.3 is 0 Å². The molecule has 1 fully saturated rings. The molecule has 1 aliphatic rings. The SMILES string of the molecule is COc1ccc(-c2cc(N3CCN(C(=O)c4cccc(C)c4)CC3)ncn2)cc1. The van der Waals surface area contributed by atoms with Crippen molar-refractivity contribution in [3.8, 4) is 17.0 Å². The molecule has 1 aromatic heterocycles. The summed E-state index contributed by atoms with van der Waals surface area (Å²) in [6.45, 7) is 4.85. The number of aryl methyl sites for hydroxylation is 1. The fourth-order valence-corrected chi connectivity index (χ4v) is 3.54. The van der Waals surface area contributed by atoms with Gasteiger partial charge in [0.15, 0.2) is 0 Å². The molecule has 1 saturated heterocycles. The van der Waals surface area contributed by atoms with Gasteiger partial charge in [-0.15, -0.1) is 0 Å². The highest BCUT2D eigenvalue weighted by atomic mass is 16.5. The van der Waals surface area contributed by atoms with Crippen molar-refractivity contribution in [2.24, 2.45) is 0 Å². The molecule has 1 aliphatic heterocycles. The van der Waals surface area contributed by atoms with Crippen LogP contribution in [0, 0.1) is 6.92 Å². The number of rotatable bonds is 4. The quantitative estimate of drug-likeness (QED) is 0.685. The smallest absolute Gasteiger partial charge is 0.253 e. The summed E-state index contributed by atoms with van der Waals surface area (Å²) < 4.78 is 5.22. The molecule has 0 bridgehead atoms. The topological polar surface area (TPSA) is 58.6 Å². The van der Waals surface area contributed by atoms with E-state index in [0.717, 1.165) is 47.0 Å². The first-order chi connectivity index (χ1) is 14.1. The number of anilines is 1. The van der Waals surface area contributed by atoms with Gasteiger partial charge in [0.2, 0.25) is 0 Å². The van der Waals surface area contributed by atoms with Crippen molar-refractivity contribution >= 4 is 11.7 Å². The van der Waals surface area contributed by atoms with E-state index in [1.807, 2.05) is 66.4 Å². The van der Waals surface area contributed by atoms with Crippen LogP contribution in [0.25, 0.3) is 11.3 Å². The normalized spacial score (nSPS) is 14.0. The Kier molecular flexibility index (Phi) is 5.42. The second kappa shape index (κ2) is 8.31. The Morgan fingerprint density at radius 1 is 0.966 bits per heavy atom. The predicted molar refractivity (Wildman–Crippen MR) is 113 cm³/mol. The highest BCUT2D eigenvalue weighted by Crippen LogP contribution is 2.24. The second-order valence-corrected chi connectivity index (χ2v) is 7.14. The monoisotopic (exact) mass is 388 g/mol. The molecule has 0 atom stereocenters. The third-order valence-electron chi connectivity index (χ3n) is 5.19. The summed E-state index contributed by atoms with van der Waals surface area (Å²) in [5.74, 6) is 1.79. The van der Waals surface area contributed by atoms with Crippen LogP contribution in [-0.4, -0.2) is 54.1 Å². The first-order valence-corrected chi connectivity index (χ1v) is 9.71. The number of aromatic nitrogens is 2. The largest absolute Gasteiger partial charge is 0.497 e. The molecule has 6 heteroatoms. The van der Waals surface area contributed by atoms with E-state index in [2.05, 4.69) is 14.9 Å². The average Bonchev–Trinajstić information content (AvgIpc) is 2.79. The van der Waals surface area contributed by atoms with Gasteiger partial charge in [-0.05, 0) is 43.3 Å². The number of carbonyl (C=O) groups is 1. The lowest BCUT2D eigenvalue weighted by Crippen LogP contribution is -2.49. The molecule has 4 rings (SSSR count). The molecule has 0 N–H and O–H groups in total. The van der Waals surface area contributed by atoms with Crippen molar-refractivity contribution < 1.29 is 9.53 Å². The Balaban J connectivity index is 1.44. The number of ether oxygens (including phenoxy) is 1. The zero-order chi connectivity index (χ0) is 20.2. The molecule has 0 aliphatic carbocycles. The number of methoxy groups -OCH3 is 1. The van der Waals surface area contributed by atoms with E-state index < -0.39 is 0 Å². The Hall–Kier alpha value is -3.41. The Morgan fingerprint density at radius 3 is 2.41 bits per heavy atom. The lowest BCUT2D eigenvalue weighted by molar-refractivity contribution is 0.0746. The molecule has 1 amide bonds. The van der Waals surface area contributed by atoms with Crippen molar-refractivity contribution in [2.75, 3.05) is 38.2 Å². The first kappa shape index (κ1) is 18.9. The Labute approximate surface area is 170 Å².